The van der Waals surface area contributed by atoms with Crippen molar-refractivity contribution < 1.29 is 14.3 Å². The summed E-state index contributed by atoms with van der Waals surface area (Å²) in [7, 11) is 1.31. The second kappa shape index (κ2) is 7.68. The van der Waals surface area contributed by atoms with Crippen molar-refractivity contribution in [1.29, 1.82) is 0 Å². The van der Waals surface area contributed by atoms with Gasteiger partial charge in [-0.25, -0.2) is 4.79 Å². The molecule has 0 atom stereocenters. The van der Waals surface area contributed by atoms with Gasteiger partial charge >= 0.3 is 5.97 Å². The number of hydrogen-bond donors (Lipinski definition) is 1. The number of aromatic nitrogens is 1. The summed E-state index contributed by atoms with van der Waals surface area (Å²) in [4.78, 5) is 36.6. The molecule has 28 heavy (non-hydrogen) atoms. The largest absolute Gasteiger partial charge is 0.465 e. The molecular weight excluding hydrogens is 356 g/mol. The van der Waals surface area contributed by atoms with Crippen molar-refractivity contribution in [2.24, 2.45) is 0 Å². The number of anilines is 1. The van der Waals surface area contributed by atoms with Crippen molar-refractivity contribution >= 4 is 28.5 Å². The Labute approximate surface area is 162 Å². The van der Waals surface area contributed by atoms with E-state index in [4.69, 9.17) is 0 Å². The molecule has 1 N–H and O–H groups in total. The zero-order chi connectivity index (χ0) is 20.4. The SMILES string of the molecule is COC(=O)c1ccc(NC(=O)Cn2c(=O)cc(C)c3cc(C)cc(C)c32)cc1. The lowest BCUT2D eigenvalue weighted by molar-refractivity contribution is -0.116. The molecule has 1 amide bonds. The van der Waals surface area contributed by atoms with Crippen LogP contribution in [0.25, 0.3) is 10.9 Å². The fourth-order valence-corrected chi connectivity index (χ4v) is 3.38. The molecule has 0 saturated carbocycles. The van der Waals surface area contributed by atoms with Crippen molar-refractivity contribution in [3.05, 3.63) is 75.1 Å². The van der Waals surface area contributed by atoms with Crippen LogP contribution in [0.1, 0.15) is 27.0 Å². The van der Waals surface area contributed by atoms with Gasteiger partial charge in [0.25, 0.3) is 5.56 Å². The van der Waals surface area contributed by atoms with Gasteiger partial charge in [-0.05, 0) is 62.2 Å². The van der Waals surface area contributed by atoms with E-state index in [1.165, 1.54) is 11.7 Å². The monoisotopic (exact) mass is 378 g/mol. The Kier molecular flexibility index (Phi) is 5.31. The normalized spacial score (nSPS) is 10.7. The molecule has 6 nitrogen and oxygen atoms in total. The molecule has 1 heterocycles. The minimum atomic E-state index is -0.443. The standard InChI is InChI=1S/C22H22N2O4/c1-13-9-15(3)21-18(10-13)14(2)11-20(26)24(21)12-19(25)23-17-7-5-16(6-8-17)22(27)28-4/h5-11H,12H2,1-4H3,(H,23,25). The molecule has 1 aromatic heterocycles. The molecule has 0 fully saturated rings. The molecule has 6 heteroatoms. The third-order valence-electron chi connectivity index (χ3n) is 4.64. The average Bonchev–Trinajstić information content (AvgIpc) is 2.65. The van der Waals surface area contributed by atoms with Gasteiger partial charge in [-0.15, -0.1) is 0 Å². The number of carbonyl (C=O) groups is 2. The van der Waals surface area contributed by atoms with Crippen LogP contribution in [0.5, 0.6) is 0 Å². The number of methoxy groups -OCH3 is 1. The lowest BCUT2D eigenvalue weighted by Crippen LogP contribution is -2.28. The third kappa shape index (κ3) is 3.81. The van der Waals surface area contributed by atoms with E-state index >= 15 is 0 Å². The van der Waals surface area contributed by atoms with Crippen molar-refractivity contribution in [1.82, 2.24) is 4.57 Å². The van der Waals surface area contributed by atoms with Crippen LogP contribution in [0.3, 0.4) is 0 Å². The van der Waals surface area contributed by atoms with Gasteiger partial charge in [0.15, 0.2) is 0 Å². The molecule has 0 saturated heterocycles. The molecule has 0 aliphatic carbocycles. The maximum atomic E-state index is 12.6. The first-order chi connectivity index (χ1) is 13.3. The number of rotatable bonds is 4. The highest BCUT2D eigenvalue weighted by Gasteiger charge is 2.13. The van der Waals surface area contributed by atoms with Gasteiger partial charge in [-0.1, -0.05) is 11.6 Å². The van der Waals surface area contributed by atoms with Crippen LogP contribution in [0.15, 0.2) is 47.3 Å². The number of pyridine rings is 1. The summed E-state index contributed by atoms with van der Waals surface area (Å²) in [5.74, 6) is -0.764. The minimum absolute atomic E-state index is 0.0989. The number of hydrogen-bond acceptors (Lipinski definition) is 4. The smallest absolute Gasteiger partial charge is 0.337 e. The van der Waals surface area contributed by atoms with Crippen molar-refractivity contribution in [2.75, 3.05) is 12.4 Å². The molecule has 0 unspecified atom stereocenters. The van der Waals surface area contributed by atoms with Crippen LogP contribution >= 0.6 is 0 Å². The highest BCUT2D eigenvalue weighted by molar-refractivity contribution is 5.94. The molecular formula is C22H22N2O4. The molecule has 0 aliphatic rings. The van der Waals surface area contributed by atoms with Gasteiger partial charge < -0.3 is 10.1 Å². The van der Waals surface area contributed by atoms with Crippen molar-refractivity contribution in [2.45, 2.75) is 27.3 Å². The van der Waals surface area contributed by atoms with Crippen LogP contribution in [0.4, 0.5) is 5.69 Å². The Balaban J connectivity index is 1.89. The topological polar surface area (TPSA) is 77.4 Å². The number of nitrogens with one attached hydrogen (secondary N) is 1. The lowest BCUT2D eigenvalue weighted by Gasteiger charge is -2.15. The van der Waals surface area contributed by atoms with Gasteiger partial charge in [0, 0.05) is 17.1 Å². The Morgan fingerprint density at radius 1 is 1.00 bits per heavy atom. The summed E-state index contributed by atoms with van der Waals surface area (Å²) >= 11 is 0. The molecule has 3 aromatic rings. The van der Waals surface area contributed by atoms with E-state index in [1.54, 1.807) is 30.3 Å². The van der Waals surface area contributed by atoms with Gasteiger partial charge in [-0.3, -0.25) is 14.2 Å². The molecule has 3 rings (SSSR count). The summed E-state index contributed by atoms with van der Waals surface area (Å²) in [5, 5.41) is 3.73. The summed E-state index contributed by atoms with van der Waals surface area (Å²) in [6.45, 7) is 5.74. The number of amides is 1. The third-order valence-corrected chi connectivity index (χ3v) is 4.64. The molecule has 0 aliphatic heterocycles. The average molecular weight is 378 g/mol. The number of ether oxygens (including phenoxy) is 1. The van der Waals surface area contributed by atoms with Gasteiger partial charge in [-0.2, -0.15) is 0 Å². The van der Waals surface area contributed by atoms with Crippen molar-refractivity contribution in [3.63, 3.8) is 0 Å². The van der Waals surface area contributed by atoms with Crippen LogP contribution < -0.4 is 10.9 Å². The second-order valence-corrected chi connectivity index (χ2v) is 6.85. The second-order valence-electron chi connectivity index (χ2n) is 6.85. The van der Waals surface area contributed by atoms with E-state index in [0.29, 0.717) is 11.3 Å². The zero-order valence-electron chi connectivity index (χ0n) is 16.3. The minimum Gasteiger partial charge on any atom is -0.465 e. The van der Waals surface area contributed by atoms with Crippen LogP contribution in [0.2, 0.25) is 0 Å². The predicted octanol–water partition coefficient (Wildman–Crippen LogP) is 3.35. The van der Waals surface area contributed by atoms with Crippen LogP contribution in [-0.2, 0) is 16.1 Å². The van der Waals surface area contributed by atoms with E-state index in [2.05, 4.69) is 10.1 Å². The van der Waals surface area contributed by atoms with Crippen LogP contribution in [0, 0.1) is 20.8 Å². The Morgan fingerprint density at radius 2 is 1.68 bits per heavy atom. The van der Waals surface area contributed by atoms with E-state index < -0.39 is 5.97 Å². The number of fused-ring (bicyclic) bond motifs is 1. The summed E-state index contributed by atoms with van der Waals surface area (Å²) < 4.78 is 6.15. The number of benzene rings is 2. The molecule has 0 bridgehead atoms. The fraction of sp³-hybridized carbons (Fsp3) is 0.227. The molecule has 2 aromatic carbocycles. The molecule has 0 spiro atoms. The van der Waals surface area contributed by atoms with E-state index in [0.717, 1.165) is 27.6 Å². The highest BCUT2D eigenvalue weighted by atomic mass is 16.5. The summed E-state index contributed by atoms with van der Waals surface area (Å²) in [6.07, 6.45) is 0. The zero-order valence-corrected chi connectivity index (χ0v) is 16.3. The van der Waals surface area contributed by atoms with Gasteiger partial charge in [0.05, 0.1) is 18.2 Å². The maximum absolute atomic E-state index is 12.6. The Bertz CT molecular complexity index is 1130. The maximum Gasteiger partial charge on any atom is 0.337 e. The quantitative estimate of drug-likeness (QED) is 0.706. The Hall–Kier alpha value is -3.41. The summed E-state index contributed by atoms with van der Waals surface area (Å²) in [6, 6.07) is 12.0. The lowest BCUT2D eigenvalue weighted by atomic mass is 10.0. The van der Waals surface area contributed by atoms with E-state index in [-0.39, 0.29) is 18.0 Å². The van der Waals surface area contributed by atoms with E-state index in [1.807, 2.05) is 32.9 Å². The first-order valence-corrected chi connectivity index (χ1v) is 8.90. The predicted molar refractivity (Wildman–Crippen MR) is 109 cm³/mol. The van der Waals surface area contributed by atoms with E-state index in [9.17, 15) is 14.4 Å². The first kappa shape index (κ1) is 19.4. The van der Waals surface area contributed by atoms with Crippen LogP contribution in [-0.4, -0.2) is 23.6 Å². The molecule has 0 radical (unpaired) electrons. The fourth-order valence-electron chi connectivity index (χ4n) is 3.38. The number of aryl methyl sites for hydroxylation is 3. The summed E-state index contributed by atoms with van der Waals surface area (Å²) in [5.41, 5.74) is 4.43. The number of nitrogens with zero attached hydrogens (tertiary/aromatic N) is 1. The highest BCUT2D eigenvalue weighted by Crippen LogP contribution is 2.22. The first-order valence-electron chi connectivity index (χ1n) is 8.90. The van der Waals surface area contributed by atoms with Gasteiger partial charge in [0.2, 0.25) is 5.91 Å². The van der Waals surface area contributed by atoms with Gasteiger partial charge in [0.1, 0.15) is 6.54 Å². The van der Waals surface area contributed by atoms with Crippen molar-refractivity contribution in [3.8, 4) is 0 Å². The number of esters is 1. The molecule has 144 valence electrons. The number of carbonyl (C=O) groups excluding carboxylic acids is 2. The Morgan fingerprint density at radius 3 is 2.32 bits per heavy atom.